The molecule has 1 aromatic rings. The lowest BCUT2D eigenvalue weighted by Gasteiger charge is -2.26. The summed E-state index contributed by atoms with van der Waals surface area (Å²) < 4.78 is 28.4. The lowest BCUT2D eigenvalue weighted by Crippen LogP contribution is -2.27. The lowest BCUT2D eigenvalue weighted by molar-refractivity contribution is -0.314. The summed E-state index contributed by atoms with van der Waals surface area (Å²) >= 11 is 1.60. The largest absolute Gasteiger partial charge is 0.353 e. The van der Waals surface area contributed by atoms with E-state index < -0.39 is 12.6 Å². The first-order chi connectivity index (χ1) is 11.1. The Morgan fingerprint density at radius 2 is 1.65 bits per heavy atom. The fraction of sp³-hybridized carbons (Fsp3) is 0.765. The maximum atomic E-state index is 5.89. The second-order valence-electron chi connectivity index (χ2n) is 5.18. The van der Waals surface area contributed by atoms with Gasteiger partial charge in [0.05, 0.1) is 0 Å². The molecule has 0 aliphatic heterocycles. The van der Waals surface area contributed by atoms with E-state index >= 15 is 0 Å². The average Bonchev–Trinajstić information content (AvgIpc) is 3.01. The van der Waals surface area contributed by atoms with Crippen molar-refractivity contribution < 1.29 is 23.7 Å². The molecule has 134 valence electrons. The number of hydrogen-bond acceptors (Lipinski definition) is 6. The molecule has 6 heteroatoms. The zero-order chi connectivity index (χ0) is 17.1. The van der Waals surface area contributed by atoms with E-state index in [0.29, 0.717) is 13.2 Å². The molecule has 0 saturated heterocycles. The normalized spacial score (nSPS) is 16.9. The third-order valence-electron chi connectivity index (χ3n) is 3.08. The van der Waals surface area contributed by atoms with Gasteiger partial charge in [0.15, 0.2) is 25.2 Å². The Balaban J connectivity index is 2.48. The van der Waals surface area contributed by atoms with Gasteiger partial charge in [-0.2, -0.15) is 11.3 Å². The van der Waals surface area contributed by atoms with Gasteiger partial charge in [0.25, 0.3) is 0 Å². The van der Waals surface area contributed by atoms with Crippen molar-refractivity contribution in [3.05, 3.63) is 22.4 Å². The monoisotopic (exact) mass is 346 g/mol. The van der Waals surface area contributed by atoms with Gasteiger partial charge in [-0.3, -0.25) is 0 Å². The summed E-state index contributed by atoms with van der Waals surface area (Å²) in [6.07, 6.45) is 0.475. The van der Waals surface area contributed by atoms with Gasteiger partial charge in [-0.1, -0.05) is 13.3 Å². The summed E-state index contributed by atoms with van der Waals surface area (Å²) in [5, 5.41) is 3.99. The molecule has 0 saturated carbocycles. The van der Waals surface area contributed by atoms with E-state index in [1.54, 1.807) is 11.3 Å². The Bertz CT molecular complexity index is 384. The summed E-state index contributed by atoms with van der Waals surface area (Å²) in [7, 11) is 0. The molecule has 0 aliphatic carbocycles. The summed E-state index contributed by atoms with van der Waals surface area (Å²) in [6, 6.07) is 1.97. The van der Waals surface area contributed by atoms with Crippen molar-refractivity contribution in [1.82, 2.24) is 0 Å². The van der Waals surface area contributed by atoms with Crippen LogP contribution in [0.4, 0.5) is 0 Å². The first kappa shape index (κ1) is 20.5. The molecular weight excluding hydrogens is 316 g/mol. The van der Waals surface area contributed by atoms with Crippen molar-refractivity contribution in [3.8, 4) is 0 Å². The van der Waals surface area contributed by atoms with Crippen molar-refractivity contribution in [2.45, 2.75) is 72.6 Å². The molecule has 0 N–H and O–H groups in total. The summed E-state index contributed by atoms with van der Waals surface area (Å²) in [6.45, 7) is 10.9. The number of unbranched alkanes of at least 4 members (excludes halogenated alkanes) is 1. The molecule has 0 amide bonds. The van der Waals surface area contributed by atoms with Crippen molar-refractivity contribution in [2.75, 3.05) is 13.2 Å². The maximum Gasteiger partial charge on any atom is 0.190 e. The zero-order valence-corrected chi connectivity index (χ0v) is 15.6. The zero-order valence-electron chi connectivity index (χ0n) is 14.8. The Hall–Kier alpha value is -0.500. The maximum absolute atomic E-state index is 5.89. The van der Waals surface area contributed by atoms with Crippen molar-refractivity contribution in [2.24, 2.45) is 0 Å². The summed E-state index contributed by atoms with van der Waals surface area (Å²) in [5.41, 5.74) is 0.955. The minimum absolute atomic E-state index is 0.316. The summed E-state index contributed by atoms with van der Waals surface area (Å²) in [4.78, 5) is 0. The highest BCUT2D eigenvalue weighted by molar-refractivity contribution is 7.07. The van der Waals surface area contributed by atoms with Crippen LogP contribution in [0.2, 0.25) is 0 Å². The molecule has 1 rings (SSSR count). The Kier molecular flexibility index (Phi) is 10.7. The fourth-order valence-electron chi connectivity index (χ4n) is 1.96. The van der Waals surface area contributed by atoms with E-state index in [0.717, 1.165) is 18.4 Å². The molecule has 4 atom stereocenters. The molecule has 5 nitrogen and oxygen atoms in total. The molecule has 0 aliphatic rings. The molecule has 0 spiro atoms. The van der Waals surface area contributed by atoms with Gasteiger partial charge in [-0.25, -0.2) is 0 Å². The van der Waals surface area contributed by atoms with E-state index in [4.69, 9.17) is 23.7 Å². The first-order valence-corrected chi connectivity index (χ1v) is 9.22. The van der Waals surface area contributed by atoms with Gasteiger partial charge in [0.1, 0.15) is 0 Å². The molecule has 4 unspecified atom stereocenters. The molecule has 0 radical (unpaired) electrons. The number of ether oxygens (including phenoxy) is 5. The fourth-order valence-corrected chi connectivity index (χ4v) is 2.62. The second-order valence-corrected chi connectivity index (χ2v) is 5.96. The van der Waals surface area contributed by atoms with E-state index in [1.807, 2.05) is 44.5 Å². The highest BCUT2D eigenvalue weighted by Gasteiger charge is 2.21. The van der Waals surface area contributed by atoms with Crippen LogP contribution < -0.4 is 0 Å². The van der Waals surface area contributed by atoms with Gasteiger partial charge in [-0.05, 0) is 50.9 Å². The second kappa shape index (κ2) is 11.9. The van der Waals surface area contributed by atoms with Crippen molar-refractivity contribution in [3.63, 3.8) is 0 Å². The Morgan fingerprint density at radius 3 is 2.26 bits per heavy atom. The van der Waals surface area contributed by atoms with Crippen LogP contribution >= 0.6 is 11.3 Å². The van der Waals surface area contributed by atoms with E-state index in [9.17, 15) is 0 Å². The topological polar surface area (TPSA) is 46.2 Å². The third kappa shape index (κ3) is 8.79. The van der Waals surface area contributed by atoms with Crippen LogP contribution in [0.15, 0.2) is 16.8 Å². The SMILES string of the molecule is CCCCOC(C)OC(C)OC(OC(C)OCC)c1ccsc1. The van der Waals surface area contributed by atoms with Crippen molar-refractivity contribution in [1.29, 1.82) is 0 Å². The molecule has 1 aromatic heterocycles. The molecule has 0 aromatic carbocycles. The van der Waals surface area contributed by atoms with Crippen molar-refractivity contribution >= 4 is 11.3 Å². The highest BCUT2D eigenvalue weighted by atomic mass is 32.1. The van der Waals surface area contributed by atoms with Gasteiger partial charge in [0, 0.05) is 18.8 Å². The third-order valence-corrected chi connectivity index (χ3v) is 3.78. The van der Waals surface area contributed by atoms with Crippen LogP contribution in [0.1, 0.15) is 59.3 Å². The average molecular weight is 346 g/mol. The number of hydrogen-bond donors (Lipinski definition) is 0. The minimum Gasteiger partial charge on any atom is -0.353 e. The van der Waals surface area contributed by atoms with Crippen LogP contribution in [-0.2, 0) is 23.7 Å². The van der Waals surface area contributed by atoms with Gasteiger partial charge >= 0.3 is 0 Å². The van der Waals surface area contributed by atoms with E-state index in [-0.39, 0.29) is 12.6 Å². The predicted octanol–water partition coefficient (Wildman–Crippen LogP) is 4.69. The minimum atomic E-state index is -0.527. The Labute approximate surface area is 143 Å². The van der Waals surface area contributed by atoms with Crippen LogP contribution in [-0.4, -0.2) is 32.1 Å². The quantitative estimate of drug-likeness (QED) is 0.383. The lowest BCUT2D eigenvalue weighted by atomic mass is 10.3. The van der Waals surface area contributed by atoms with E-state index in [1.165, 1.54) is 0 Å². The van der Waals surface area contributed by atoms with Crippen LogP contribution in [0.25, 0.3) is 0 Å². The highest BCUT2D eigenvalue weighted by Crippen LogP contribution is 2.25. The smallest absolute Gasteiger partial charge is 0.190 e. The number of rotatable bonds is 13. The molecule has 0 fully saturated rings. The standard InChI is InChI=1S/C17H30O5S/c1-6-8-10-19-14(4)20-15(5)22-17(16-9-11-23-12-16)21-13(3)18-7-2/h9,11-15,17H,6-8,10H2,1-5H3. The molecule has 0 bridgehead atoms. The van der Waals surface area contributed by atoms with Crippen LogP contribution in [0.3, 0.4) is 0 Å². The van der Waals surface area contributed by atoms with E-state index in [2.05, 4.69) is 6.92 Å². The molecular formula is C17H30O5S. The summed E-state index contributed by atoms with van der Waals surface area (Å²) in [5.74, 6) is 0. The predicted molar refractivity (Wildman–Crippen MR) is 91.2 cm³/mol. The molecule has 1 heterocycles. The van der Waals surface area contributed by atoms with Gasteiger partial charge < -0.3 is 23.7 Å². The van der Waals surface area contributed by atoms with Gasteiger partial charge in [-0.15, -0.1) is 0 Å². The van der Waals surface area contributed by atoms with Crippen LogP contribution in [0.5, 0.6) is 0 Å². The van der Waals surface area contributed by atoms with Crippen LogP contribution in [0, 0.1) is 0 Å². The van der Waals surface area contributed by atoms with Gasteiger partial charge in [0.2, 0.25) is 0 Å². The number of thiophene rings is 1. The first-order valence-electron chi connectivity index (χ1n) is 8.28. The Morgan fingerprint density at radius 1 is 0.957 bits per heavy atom. The molecule has 23 heavy (non-hydrogen) atoms.